The Morgan fingerprint density at radius 3 is 2.18 bits per heavy atom. The molecule has 0 aromatic rings. The summed E-state index contributed by atoms with van der Waals surface area (Å²) in [6.07, 6.45) is 9.24. The van der Waals surface area contributed by atoms with Crippen molar-refractivity contribution in [3.05, 3.63) is 11.1 Å². The van der Waals surface area contributed by atoms with E-state index in [9.17, 15) is 0 Å². The van der Waals surface area contributed by atoms with E-state index in [1.807, 2.05) is 13.0 Å². The zero-order chi connectivity index (χ0) is 12.0. The van der Waals surface area contributed by atoms with E-state index in [0.717, 1.165) is 35.2 Å². The molecule has 4 bridgehead atoms. The molecule has 0 heterocycles. The third-order valence-electron chi connectivity index (χ3n) is 5.14. The molecule has 3 heteroatoms. The summed E-state index contributed by atoms with van der Waals surface area (Å²) in [7, 11) is 0. The summed E-state index contributed by atoms with van der Waals surface area (Å²) in [5.74, 6) is 10.0. The maximum Gasteiger partial charge on any atom is 0.0326 e. The highest BCUT2D eigenvalue weighted by Gasteiger charge is 2.49. The average molecular weight is 255 g/mol. The lowest BCUT2D eigenvalue weighted by Crippen LogP contribution is -2.58. The molecule has 4 saturated carbocycles. The van der Waals surface area contributed by atoms with Crippen LogP contribution in [0.2, 0.25) is 0 Å². The summed E-state index contributed by atoms with van der Waals surface area (Å²) in [6.45, 7) is 2.73. The van der Waals surface area contributed by atoms with E-state index >= 15 is 0 Å². The molecule has 0 saturated heterocycles. The summed E-state index contributed by atoms with van der Waals surface area (Å²) < 4.78 is 0. The monoisotopic (exact) mass is 254 g/mol. The molecule has 0 amide bonds. The summed E-state index contributed by atoms with van der Waals surface area (Å²) >= 11 is 5.89. The molecular weight excluding hydrogens is 232 g/mol. The van der Waals surface area contributed by atoms with Gasteiger partial charge in [-0.2, -0.15) is 0 Å². The quantitative estimate of drug-likeness (QED) is 0.619. The zero-order valence-corrected chi connectivity index (χ0v) is 11.4. The molecule has 96 valence electrons. The number of halogens is 1. The number of allylic oxidation sites excluding steroid dienone is 1. The topological polar surface area (TPSA) is 29.3 Å². The van der Waals surface area contributed by atoms with Gasteiger partial charge in [-0.05, 0) is 62.7 Å². The molecule has 4 rings (SSSR count). The SMILES string of the molecule is C/C(Cl)=C\CN(N)C1C2CC3CC(C2)CC1C3. The van der Waals surface area contributed by atoms with Gasteiger partial charge in [0.2, 0.25) is 0 Å². The van der Waals surface area contributed by atoms with Crippen LogP contribution in [-0.4, -0.2) is 17.6 Å². The van der Waals surface area contributed by atoms with Crippen LogP contribution in [0.3, 0.4) is 0 Å². The van der Waals surface area contributed by atoms with Crippen LogP contribution < -0.4 is 5.84 Å². The number of hydrazine groups is 1. The van der Waals surface area contributed by atoms with Crippen LogP contribution in [0.4, 0.5) is 0 Å². The van der Waals surface area contributed by atoms with Crippen LogP contribution in [0, 0.1) is 23.7 Å². The van der Waals surface area contributed by atoms with E-state index in [4.69, 9.17) is 17.4 Å². The number of rotatable bonds is 3. The first kappa shape index (κ1) is 12.0. The van der Waals surface area contributed by atoms with E-state index in [-0.39, 0.29) is 0 Å². The van der Waals surface area contributed by atoms with Gasteiger partial charge < -0.3 is 0 Å². The van der Waals surface area contributed by atoms with Gasteiger partial charge in [0.25, 0.3) is 0 Å². The molecule has 0 unspecified atom stereocenters. The predicted octanol–water partition coefficient (Wildman–Crippen LogP) is 3.13. The summed E-state index contributed by atoms with van der Waals surface area (Å²) in [5.41, 5.74) is 0. The second kappa shape index (κ2) is 4.56. The number of nitrogens with zero attached hydrogens (tertiary/aromatic N) is 1. The Bertz CT molecular complexity index is 294. The second-order valence-electron chi connectivity index (χ2n) is 6.41. The van der Waals surface area contributed by atoms with Crippen molar-refractivity contribution in [1.29, 1.82) is 0 Å². The van der Waals surface area contributed by atoms with Crippen molar-refractivity contribution in [2.75, 3.05) is 6.54 Å². The Labute approximate surface area is 109 Å². The fraction of sp³-hybridized carbons (Fsp3) is 0.857. The van der Waals surface area contributed by atoms with Crippen molar-refractivity contribution in [2.45, 2.75) is 45.1 Å². The zero-order valence-electron chi connectivity index (χ0n) is 10.6. The van der Waals surface area contributed by atoms with Gasteiger partial charge in [0, 0.05) is 17.6 Å². The van der Waals surface area contributed by atoms with Gasteiger partial charge in [-0.15, -0.1) is 0 Å². The maximum atomic E-state index is 6.28. The Kier molecular flexibility index (Phi) is 3.22. The number of hydrogen-bond donors (Lipinski definition) is 1. The molecule has 0 aromatic heterocycles. The fourth-order valence-corrected chi connectivity index (χ4v) is 4.86. The van der Waals surface area contributed by atoms with Crippen LogP contribution in [-0.2, 0) is 0 Å². The van der Waals surface area contributed by atoms with Crippen LogP contribution in [0.25, 0.3) is 0 Å². The molecule has 0 atom stereocenters. The van der Waals surface area contributed by atoms with Gasteiger partial charge in [-0.25, -0.2) is 5.01 Å². The Morgan fingerprint density at radius 2 is 1.71 bits per heavy atom. The minimum Gasteiger partial charge on any atom is -0.268 e. The molecule has 2 N–H and O–H groups in total. The Balaban J connectivity index is 1.69. The maximum absolute atomic E-state index is 6.28. The Morgan fingerprint density at radius 1 is 1.18 bits per heavy atom. The van der Waals surface area contributed by atoms with E-state index in [2.05, 4.69) is 5.01 Å². The smallest absolute Gasteiger partial charge is 0.0326 e. The van der Waals surface area contributed by atoms with Crippen LogP contribution in [0.5, 0.6) is 0 Å². The van der Waals surface area contributed by atoms with Gasteiger partial charge in [-0.3, -0.25) is 5.84 Å². The fourth-order valence-electron chi connectivity index (χ4n) is 4.79. The predicted molar refractivity (Wildman–Crippen MR) is 71.3 cm³/mol. The molecule has 0 spiro atoms. The van der Waals surface area contributed by atoms with E-state index in [1.165, 1.54) is 32.1 Å². The molecule has 4 aliphatic carbocycles. The molecular formula is C14H23ClN2. The summed E-state index contributed by atoms with van der Waals surface area (Å²) in [6, 6.07) is 0.620. The van der Waals surface area contributed by atoms with Crippen molar-refractivity contribution in [2.24, 2.45) is 29.5 Å². The number of nitrogens with two attached hydrogens (primary N) is 1. The first-order chi connectivity index (χ1) is 8.13. The number of hydrogen-bond acceptors (Lipinski definition) is 2. The molecule has 2 nitrogen and oxygen atoms in total. The van der Waals surface area contributed by atoms with Crippen molar-refractivity contribution in [3.63, 3.8) is 0 Å². The highest BCUT2D eigenvalue weighted by Crippen LogP contribution is 2.54. The second-order valence-corrected chi connectivity index (χ2v) is 7.01. The van der Waals surface area contributed by atoms with Gasteiger partial charge >= 0.3 is 0 Å². The summed E-state index contributed by atoms with van der Waals surface area (Å²) in [5, 5.41) is 2.92. The molecule has 0 aliphatic heterocycles. The van der Waals surface area contributed by atoms with E-state index < -0.39 is 0 Å². The van der Waals surface area contributed by atoms with Gasteiger partial charge in [0.05, 0.1) is 0 Å². The van der Waals surface area contributed by atoms with Crippen molar-refractivity contribution < 1.29 is 0 Å². The van der Waals surface area contributed by atoms with Crippen molar-refractivity contribution in [3.8, 4) is 0 Å². The van der Waals surface area contributed by atoms with Gasteiger partial charge in [0.1, 0.15) is 0 Å². The molecule has 0 radical (unpaired) electrons. The third-order valence-corrected chi connectivity index (χ3v) is 5.30. The van der Waals surface area contributed by atoms with Crippen LogP contribution in [0.15, 0.2) is 11.1 Å². The lowest BCUT2D eigenvalue weighted by Gasteiger charge is -2.56. The van der Waals surface area contributed by atoms with Gasteiger partial charge in [-0.1, -0.05) is 17.7 Å². The lowest BCUT2D eigenvalue weighted by molar-refractivity contribution is -0.0625. The van der Waals surface area contributed by atoms with E-state index in [0.29, 0.717) is 6.04 Å². The van der Waals surface area contributed by atoms with Crippen molar-refractivity contribution >= 4 is 11.6 Å². The van der Waals surface area contributed by atoms with Gasteiger partial charge in [0.15, 0.2) is 0 Å². The highest BCUT2D eigenvalue weighted by molar-refractivity contribution is 6.29. The molecule has 4 aliphatic rings. The average Bonchev–Trinajstić information content (AvgIpc) is 2.24. The first-order valence-electron chi connectivity index (χ1n) is 6.97. The van der Waals surface area contributed by atoms with Crippen LogP contribution in [0.1, 0.15) is 39.0 Å². The summed E-state index contributed by atoms with van der Waals surface area (Å²) in [4.78, 5) is 0. The normalized spacial score (nSPS) is 44.7. The third kappa shape index (κ3) is 2.27. The standard InChI is InChI=1S/C14H23ClN2/c1-9(15)2-3-17(16)14-12-5-10-4-11(7-12)8-13(14)6-10/h2,10-14H,3-8,16H2,1H3/b9-2+. The highest BCUT2D eigenvalue weighted by atomic mass is 35.5. The molecule has 4 fully saturated rings. The minimum absolute atomic E-state index is 0.620. The molecule has 17 heavy (non-hydrogen) atoms. The minimum atomic E-state index is 0.620. The van der Waals surface area contributed by atoms with Crippen molar-refractivity contribution in [1.82, 2.24) is 5.01 Å². The first-order valence-corrected chi connectivity index (χ1v) is 7.35. The molecule has 0 aromatic carbocycles. The Hall–Kier alpha value is -0.0500. The largest absolute Gasteiger partial charge is 0.268 e. The lowest BCUT2D eigenvalue weighted by atomic mass is 9.54. The van der Waals surface area contributed by atoms with E-state index in [1.54, 1.807) is 0 Å². The van der Waals surface area contributed by atoms with Crippen LogP contribution >= 0.6 is 11.6 Å².